The normalized spacial score (nSPS) is 14.8. The Hall–Kier alpha value is -2.80. The van der Waals surface area contributed by atoms with Crippen LogP contribution in [0.4, 0.5) is 0 Å². The zero-order chi connectivity index (χ0) is 18.1. The van der Waals surface area contributed by atoms with Crippen molar-refractivity contribution in [3.8, 4) is 11.1 Å². The van der Waals surface area contributed by atoms with E-state index in [4.69, 9.17) is 9.84 Å². The van der Waals surface area contributed by atoms with Crippen LogP contribution in [0.2, 0.25) is 0 Å². The molecule has 7 heteroatoms. The van der Waals surface area contributed by atoms with Crippen LogP contribution in [0.1, 0.15) is 28.8 Å². The Kier molecular flexibility index (Phi) is 4.38. The van der Waals surface area contributed by atoms with E-state index in [1.165, 1.54) is 0 Å². The molecule has 2 aromatic heterocycles. The number of morpholine rings is 1. The molecule has 3 aromatic rings. The maximum absolute atomic E-state index is 12.8. The third-order valence-electron chi connectivity index (χ3n) is 4.74. The van der Waals surface area contributed by atoms with E-state index >= 15 is 0 Å². The number of aromatic nitrogens is 4. The highest BCUT2D eigenvalue weighted by Crippen LogP contribution is 2.28. The van der Waals surface area contributed by atoms with Crippen molar-refractivity contribution in [2.45, 2.75) is 20.3 Å². The minimum Gasteiger partial charge on any atom is -0.378 e. The fourth-order valence-electron chi connectivity index (χ4n) is 3.31. The smallest absolute Gasteiger partial charge is 0.276 e. The summed E-state index contributed by atoms with van der Waals surface area (Å²) in [6, 6.07) is 10.1. The van der Waals surface area contributed by atoms with Crippen LogP contribution in [0.5, 0.6) is 0 Å². The molecule has 1 aliphatic heterocycles. The number of ether oxygens (including phenoxy) is 1. The molecular formula is C19H21N5O2. The second-order valence-corrected chi connectivity index (χ2v) is 6.32. The summed E-state index contributed by atoms with van der Waals surface area (Å²) in [5, 5.41) is 13.4. The van der Waals surface area contributed by atoms with Crippen molar-refractivity contribution >= 4 is 11.6 Å². The molecule has 134 valence electrons. The topological polar surface area (TPSA) is 72.6 Å². The summed E-state index contributed by atoms with van der Waals surface area (Å²) < 4.78 is 7.07. The van der Waals surface area contributed by atoms with Gasteiger partial charge in [-0.15, -0.1) is 10.2 Å². The molecule has 4 rings (SSSR count). The van der Waals surface area contributed by atoms with Crippen molar-refractivity contribution in [1.82, 2.24) is 24.7 Å². The summed E-state index contributed by atoms with van der Waals surface area (Å²) in [4.78, 5) is 14.6. The number of hydrogen-bond acceptors (Lipinski definition) is 5. The van der Waals surface area contributed by atoms with E-state index < -0.39 is 0 Å². The van der Waals surface area contributed by atoms with E-state index in [0.29, 0.717) is 43.3 Å². The average molecular weight is 351 g/mol. The number of amides is 1. The first kappa shape index (κ1) is 16.7. The molecule has 0 aliphatic carbocycles. The first-order valence-corrected chi connectivity index (χ1v) is 8.88. The lowest BCUT2D eigenvalue weighted by Gasteiger charge is -2.26. The first-order valence-electron chi connectivity index (χ1n) is 8.88. The summed E-state index contributed by atoms with van der Waals surface area (Å²) in [6.45, 7) is 6.20. The molecule has 0 radical (unpaired) electrons. The van der Waals surface area contributed by atoms with E-state index in [2.05, 4.69) is 17.1 Å². The molecule has 0 saturated carbocycles. The van der Waals surface area contributed by atoms with Gasteiger partial charge in [0, 0.05) is 13.1 Å². The number of hydrogen-bond donors (Lipinski definition) is 0. The number of carbonyl (C=O) groups is 1. The molecule has 1 amide bonds. The number of nitrogens with zero attached hydrogens (tertiary/aromatic N) is 5. The van der Waals surface area contributed by atoms with Crippen LogP contribution in [-0.2, 0) is 11.2 Å². The van der Waals surface area contributed by atoms with Gasteiger partial charge in [-0.25, -0.2) is 4.52 Å². The molecule has 0 bridgehead atoms. The van der Waals surface area contributed by atoms with Crippen molar-refractivity contribution in [1.29, 1.82) is 0 Å². The summed E-state index contributed by atoms with van der Waals surface area (Å²) in [6.07, 6.45) is 0.778. The highest BCUT2D eigenvalue weighted by Gasteiger charge is 2.25. The van der Waals surface area contributed by atoms with Crippen molar-refractivity contribution in [3.63, 3.8) is 0 Å². The number of benzene rings is 1. The van der Waals surface area contributed by atoms with Gasteiger partial charge in [-0.2, -0.15) is 5.10 Å². The fraction of sp³-hybridized carbons (Fsp3) is 0.368. The molecule has 7 nitrogen and oxygen atoms in total. The number of rotatable bonds is 3. The molecule has 0 N–H and O–H groups in total. The van der Waals surface area contributed by atoms with Crippen LogP contribution < -0.4 is 0 Å². The maximum Gasteiger partial charge on any atom is 0.276 e. The molecule has 0 spiro atoms. The lowest BCUT2D eigenvalue weighted by molar-refractivity contribution is 0.0297. The quantitative estimate of drug-likeness (QED) is 0.723. The molecule has 3 heterocycles. The molecule has 26 heavy (non-hydrogen) atoms. The Morgan fingerprint density at radius 3 is 2.58 bits per heavy atom. The van der Waals surface area contributed by atoms with E-state index in [0.717, 1.165) is 23.2 Å². The Bertz CT molecular complexity index is 945. The third kappa shape index (κ3) is 2.74. The monoisotopic (exact) mass is 351 g/mol. The van der Waals surface area contributed by atoms with E-state index in [1.807, 2.05) is 37.3 Å². The second kappa shape index (κ2) is 6.84. The Morgan fingerprint density at radius 2 is 1.88 bits per heavy atom. The standard InChI is InChI=1S/C19H21N5O2/c1-3-15-16(14-7-5-4-6-8-14)18-21-20-17(13(2)24(18)22-15)19(25)23-9-11-26-12-10-23/h4-8H,3,9-12H2,1-2H3. The first-order chi connectivity index (χ1) is 12.7. The zero-order valence-corrected chi connectivity index (χ0v) is 15.0. The minimum absolute atomic E-state index is 0.116. The highest BCUT2D eigenvalue weighted by atomic mass is 16.5. The van der Waals surface area contributed by atoms with E-state index in [9.17, 15) is 4.79 Å². The van der Waals surface area contributed by atoms with Gasteiger partial charge in [0.15, 0.2) is 11.3 Å². The predicted molar refractivity (Wildman–Crippen MR) is 97.1 cm³/mol. The maximum atomic E-state index is 12.8. The summed E-state index contributed by atoms with van der Waals surface area (Å²) >= 11 is 0. The zero-order valence-electron chi connectivity index (χ0n) is 15.0. The molecule has 0 atom stereocenters. The van der Waals surface area contributed by atoms with Gasteiger partial charge in [0.1, 0.15) is 0 Å². The molecule has 1 fully saturated rings. The van der Waals surface area contributed by atoms with Crippen molar-refractivity contribution in [3.05, 3.63) is 47.4 Å². The molecule has 0 unspecified atom stereocenters. The fourth-order valence-corrected chi connectivity index (χ4v) is 3.31. The molecular weight excluding hydrogens is 330 g/mol. The molecule has 1 aliphatic rings. The lowest BCUT2D eigenvalue weighted by atomic mass is 10.0. The van der Waals surface area contributed by atoms with E-state index in [1.54, 1.807) is 9.42 Å². The number of fused-ring (bicyclic) bond motifs is 1. The SMILES string of the molecule is CCc1nn2c(C)c(C(=O)N3CCOCC3)nnc2c1-c1ccccc1. The predicted octanol–water partition coefficient (Wildman–Crippen LogP) is 2.13. The third-order valence-corrected chi connectivity index (χ3v) is 4.74. The molecule has 1 saturated heterocycles. The molecule has 1 aromatic carbocycles. The van der Waals surface area contributed by atoms with Gasteiger partial charge < -0.3 is 9.64 Å². The lowest BCUT2D eigenvalue weighted by Crippen LogP contribution is -2.41. The highest BCUT2D eigenvalue weighted by molar-refractivity contribution is 5.93. The van der Waals surface area contributed by atoms with Crippen LogP contribution >= 0.6 is 0 Å². The Morgan fingerprint density at radius 1 is 1.15 bits per heavy atom. The van der Waals surface area contributed by atoms with Crippen molar-refractivity contribution < 1.29 is 9.53 Å². The van der Waals surface area contributed by atoms with Crippen LogP contribution in [0.15, 0.2) is 30.3 Å². The van der Waals surface area contributed by atoms with Crippen LogP contribution in [0.3, 0.4) is 0 Å². The van der Waals surface area contributed by atoms with Crippen LogP contribution in [0, 0.1) is 6.92 Å². The minimum atomic E-state index is -0.116. The van der Waals surface area contributed by atoms with Gasteiger partial charge in [-0.3, -0.25) is 4.79 Å². The van der Waals surface area contributed by atoms with E-state index in [-0.39, 0.29) is 5.91 Å². The van der Waals surface area contributed by atoms with Gasteiger partial charge in [0.25, 0.3) is 5.91 Å². The summed E-state index contributed by atoms with van der Waals surface area (Å²) in [7, 11) is 0. The Balaban J connectivity index is 1.82. The van der Waals surface area contributed by atoms with Crippen LogP contribution in [0.25, 0.3) is 16.8 Å². The second-order valence-electron chi connectivity index (χ2n) is 6.32. The largest absolute Gasteiger partial charge is 0.378 e. The number of aryl methyl sites for hydroxylation is 2. The number of carbonyl (C=O) groups excluding carboxylic acids is 1. The summed E-state index contributed by atoms with van der Waals surface area (Å²) in [5.41, 5.74) is 4.73. The van der Waals surface area contributed by atoms with Gasteiger partial charge >= 0.3 is 0 Å². The van der Waals surface area contributed by atoms with Gasteiger partial charge in [-0.1, -0.05) is 37.3 Å². The van der Waals surface area contributed by atoms with Gasteiger partial charge in [-0.05, 0) is 18.9 Å². The van der Waals surface area contributed by atoms with Gasteiger partial charge in [0.05, 0.1) is 30.2 Å². The van der Waals surface area contributed by atoms with Crippen molar-refractivity contribution in [2.24, 2.45) is 0 Å². The van der Waals surface area contributed by atoms with Crippen LogP contribution in [-0.4, -0.2) is 56.9 Å². The Labute approximate surface area is 151 Å². The average Bonchev–Trinajstić information content (AvgIpc) is 3.09. The van der Waals surface area contributed by atoms with Crippen molar-refractivity contribution in [2.75, 3.05) is 26.3 Å². The van der Waals surface area contributed by atoms with Gasteiger partial charge in [0.2, 0.25) is 0 Å². The summed E-state index contributed by atoms with van der Waals surface area (Å²) in [5.74, 6) is -0.116.